The lowest BCUT2D eigenvalue weighted by molar-refractivity contribution is -0.100. The van der Waals surface area contributed by atoms with Gasteiger partial charge in [0.05, 0.1) is 11.7 Å². The maximum Gasteiger partial charge on any atom is 0.0722 e. The van der Waals surface area contributed by atoms with Crippen LogP contribution in [0.25, 0.3) is 0 Å². The van der Waals surface area contributed by atoms with Gasteiger partial charge in [0, 0.05) is 0 Å². The first-order chi connectivity index (χ1) is 6.18. The molecule has 0 atom stereocenters. The molecule has 3 heteroatoms. The number of rotatable bonds is 4. The Kier molecular flexibility index (Phi) is 4.16. The van der Waals surface area contributed by atoms with Gasteiger partial charge in [0.2, 0.25) is 0 Å². The van der Waals surface area contributed by atoms with Gasteiger partial charge in [-0.15, -0.1) is 0 Å². The summed E-state index contributed by atoms with van der Waals surface area (Å²) in [5.41, 5.74) is 5.68. The molecule has 0 amide bonds. The molecule has 1 aliphatic rings. The third-order valence-electron chi connectivity index (χ3n) is 2.60. The van der Waals surface area contributed by atoms with Gasteiger partial charge in [-0.1, -0.05) is 0 Å². The normalized spacial score (nSPS) is 22.2. The van der Waals surface area contributed by atoms with Crippen molar-refractivity contribution in [2.75, 3.05) is 19.6 Å². The number of ether oxygens (including phenoxy) is 1. The molecule has 0 aliphatic carbocycles. The molecule has 13 heavy (non-hydrogen) atoms. The van der Waals surface area contributed by atoms with Gasteiger partial charge in [-0.25, -0.2) is 0 Å². The molecule has 0 bridgehead atoms. The first-order valence-corrected chi connectivity index (χ1v) is 5.27. The second-order valence-electron chi connectivity index (χ2n) is 4.14. The van der Waals surface area contributed by atoms with Crippen LogP contribution in [0.3, 0.4) is 0 Å². The Morgan fingerprint density at radius 2 is 2.00 bits per heavy atom. The van der Waals surface area contributed by atoms with Gasteiger partial charge in [-0.2, -0.15) is 0 Å². The van der Waals surface area contributed by atoms with Gasteiger partial charge >= 0.3 is 0 Å². The van der Waals surface area contributed by atoms with Crippen molar-refractivity contribution < 1.29 is 4.74 Å². The van der Waals surface area contributed by atoms with Gasteiger partial charge in [0.1, 0.15) is 0 Å². The maximum absolute atomic E-state index is 6.00. The quantitative estimate of drug-likeness (QED) is 0.685. The van der Waals surface area contributed by atoms with Crippen molar-refractivity contribution in [3.63, 3.8) is 0 Å². The predicted octanol–water partition coefficient (Wildman–Crippen LogP) is 0.882. The fourth-order valence-electron chi connectivity index (χ4n) is 2.07. The smallest absolute Gasteiger partial charge is 0.0722 e. The number of hydrogen-bond acceptors (Lipinski definition) is 3. The maximum atomic E-state index is 6.00. The van der Waals surface area contributed by atoms with E-state index in [1.54, 1.807) is 0 Å². The lowest BCUT2D eigenvalue weighted by atomic mass is 9.88. The summed E-state index contributed by atoms with van der Waals surface area (Å²) >= 11 is 0. The molecule has 0 spiro atoms. The molecule has 0 radical (unpaired) electrons. The van der Waals surface area contributed by atoms with Crippen molar-refractivity contribution >= 4 is 0 Å². The molecule has 3 N–H and O–H groups in total. The molecule has 0 aromatic rings. The Morgan fingerprint density at radius 1 is 1.38 bits per heavy atom. The van der Waals surface area contributed by atoms with E-state index in [0.29, 0.717) is 6.10 Å². The number of piperidine rings is 1. The average molecular weight is 186 g/mol. The van der Waals surface area contributed by atoms with Crippen LogP contribution >= 0.6 is 0 Å². The average Bonchev–Trinajstić information content (AvgIpc) is 2.04. The molecule has 1 saturated heterocycles. The van der Waals surface area contributed by atoms with Crippen LogP contribution in [-0.4, -0.2) is 31.3 Å². The zero-order valence-electron chi connectivity index (χ0n) is 8.81. The number of nitrogens with one attached hydrogen (secondary N) is 1. The van der Waals surface area contributed by atoms with E-state index in [2.05, 4.69) is 19.2 Å². The summed E-state index contributed by atoms with van der Waals surface area (Å²) in [4.78, 5) is 0. The minimum atomic E-state index is 0.0637. The van der Waals surface area contributed by atoms with Crippen LogP contribution in [0, 0.1) is 0 Å². The van der Waals surface area contributed by atoms with E-state index in [1.165, 1.54) is 0 Å². The second-order valence-corrected chi connectivity index (χ2v) is 4.14. The summed E-state index contributed by atoms with van der Waals surface area (Å²) in [6, 6.07) is 0. The summed E-state index contributed by atoms with van der Waals surface area (Å²) in [6.07, 6.45) is 3.50. The molecule has 1 fully saturated rings. The monoisotopic (exact) mass is 186 g/mol. The summed E-state index contributed by atoms with van der Waals surface area (Å²) < 4.78 is 6.00. The van der Waals surface area contributed by atoms with Crippen LogP contribution in [0.2, 0.25) is 0 Å². The second kappa shape index (κ2) is 4.94. The van der Waals surface area contributed by atoms with Gasteiger partial charge in [-0.3, -0.25) is 0 Å². The molecular weight excluding hydrogens is 164 g/mol. The zero-order chi connectivity index (χ0) is 9.73. The largest absolute Gasteiger partial charge is 0.372 e. The highest BCUT2D eigenvalue weighted by molar-refractivity contribution is 4.87. The molecule has 1 heterocycles. The van der Waals surface area contributed by atoms with Crippen LogP contribution in [0.5, 0.6) is 0 Å². The minimum Gasteiger partial charge on any atom is -0.372 e. The highest BCUT2D eigenvalue weighted by Gasteiger charge is 2.32. The summed E-state index contributed by atoms with van der Waals surface area (Å²) in [5.74, 6) is 0. The Bertz CT molecular complexity index is 136. The van der Waals surface area contributed by atoms with Crippen molar-refractivity contribution in [3.8, 4) is 0 Å². The van der Waals surface area contributed by atoms with Crippen LogP contribution in [-0.2, 0) is 4.74 Å². The van der Waals surface area contributed by atoms with Crippen molar-refractivity contribution in [2.24, 2.45) is 5.73 Å². The van der Waals surface area contributed by atoms with Crippen LogP contribution in [0.15, 0.2) is 0 Å². The van der Waals surface area contributed by atoms with Crippen molar-refractivity contribution in [3.05, 3.63) is 0 Å². The van der Waals surface area contributed by atoms with E-state index in [4.69, 9.17) is 10.5 Å². The van der Waals surface area contributed by atoms with Gasteiger partial charge in [0.25, 0.3) is 0 Å². The Morgan fingerprint density at radius 3 is 2.46 bits per heavy atom. The molecule has 0 aromatic heterocycles. The van der Waals surface area contributed by atoms with E-state index < -0.39 is 0 Å². The number of nitrogens with two attached hydrogens (primary N) is 1. The SMILES string of the molecule is CC(C)OC1(CCN)CCNCC1. The van der Waals surface area contributed by atoms with E-state index in [9.17, 15) is 0 Å². The molecular formula is C10H22N2O. The lowest BCUT2D eigenvalue weighted by Gasteiger charge is -2.39. The molecule has 78 valence electrons. The van der Waals surface area contributed by atoms with Gasteiger partial charge in [-0.05, 0) is 52.7 Å². The third kappa shape index (κ3) is 3.25. The van der Waals surface area contributed by atoms with E-state index in [0.717, 1.165) is 38.9 Å². The summed E-state index contributed by atoms with van der Waals surface area (Å²) in [6.45, 7) is 7.05. The van der Waals surface area contributed by atoms with E-state index in [-0.39, 0.29) is 5.60 Å². The molecule has 1 rings (SSSR count). The van der Waals surface area contributed by atoms with Crippen molar-refractivity contribution in [1.29, 1.82) is 0 Å². The fraction of sp³-hybridized carbons (Fsp3) is 1.00. The topological polar surface area (TPSA) is 47.3 Å². The first kappa shape index (κ1) is 11.0. The van der Waals surface area contributed by atoms with Crippen molar-refractivity contribution in [2.45, 2.75) is 44.8 Å². The Hall–Kier alpha value is -0.120. The Labute approximate surface area is 81.0 Å². The zero-order valence-corrected chi connectivity index (χ0v) is 8.81. The van der Waals surface area contributed by atoms with Crippen molar-refractivity contribution in [1.82, 2.24) is 5.32 Å². The number of hydrogen-bond donors (Lipinski definition) is 2. The highest BCUT2D eigenvalue weighted by atomic mass is 16.5. The van der Waals surface area contributed by atoms with Crippen LogP contribution in [0.4, 0.5) is 0 Å². The summed E-state index contributed by atoms with van der Waals surface area (Å²) in [7, 11) is 0. The molecule has 0 unspecified atom stereocenters. The predicted molar refractivity (Wildman–Crippen MR) is 54.7 cm³/mol. The summed E-state index contributed by atoms with van der Waals surface area (Å²) in [5, 5.41) is 3.35. The van der Waals surface area contributed by atoms with E-state index in [1.807, 2.05) is 0 Å². The minimum absolute atomic E-state index is 0.0637. The molecule has 1 aliphatic heterocycles. The Balaban J connectivity index is 2.50. The first-order valence-electron chi connectivity index (χ1n) is 5.27. The third-order valence-corrected chi connectivity index (χ3v) is 2.60. The van der Waals surface area contributed by atoms with Gasteiger partial charge in [0.15, 0.2) is 0 Å². The van der Waals surface area contributed by atoms with Crippen LogP contribution in [0.1, 0.15) is 33.1 Å². The highest BCUT2D eigenvalue weighted by Crippen LogP contribution is 2.27. The standard InChI is InChI=1S/C10H22N2O/c1-9(2)13-10(3-6-11)4-7-12-8-5-10/h9,12H,3-8,11H2,1-2H3. The molecule has 0 saturated carbocycles. The molecule has 0 aromatic carbocycles. The lowest BCUT2D eigenvalue weighted by Crippen LogP contribution is -2.46. The fourth-order valence-corrected chi connectivity index (χ4v) is 2.07. The molecule has 3 nitrogen and oxygen atoms in total. The van der Waals surface area contributed by atoms with E-state index >= 15 is 0 Å². The van der Waals surface area contributed by atoms with Crippen LogP contribution < -0.4 is 11.1 Å². The van der Waals surface area contributed by atoms with Gasteiger partial charge < -0.3 is 15.8 Å².